The van der Waals surface area contributed by atoms with Crippen molar-refractivity contribution >= 4 is 5.91 Å². The lowest BCUT2D eigenvalue weighted by Gasteiger charge is -2.36. The van der Waals surface area contributed by atoms with E-state index in [4.69, 9.17) is 5.73 Å². The molecule has 0 heterocycles. The fourth-order valence-electron chi connectivity index (χ4n) is 3.66. The zero-order chi connectivity index (χ0) is 14.6. The van der Waals surface area contributed by atoms with Gasteiger partial charge in [-0.2, -0.15) is 0 Å². The summed E-state index contributed by atoms with van der Waals surface area (Å²) in [5.74, 6) is 0.892. The Morgan fingerprint density at radius 3 is 2.60 bits per heavy atom. The maximum atomic E-state index is 12.2. The lowest BCUT2D eigenvalue weighted by atomic mass is 9.77. The second-order valence-electron chi connectivity index (χ2n) is 6.92. The van der Waals surface area contributed by atoms with E-state index in [1.54, 1.807) is 0 Å². The molecule has 4 heteroatoms. The van der Waals surface area contributed by atoms with Crippen molar-refractivity contribution < 1.29 is 9.90 Å². The molecule has 2 saturated carbocycles. The lowest BCUT2D eigenvalue weighted by molar-refractivity contribution is -0.127. The molecule has 0 saturated heterocycles. The van der Waals surface area contributed by atoms with Crippen LogP contribution in [0.25, 0.3) is 0 Å². The largest absolute Gasteiger partial charge is 0.388 e. The summed E-state index contributed by atoms with van der Waals surface area (Å²) in [5.41, 5.74) is 5.25. The van der Waals surface area contributed by atoms with Gasteiger partial charge >= 0.3 is 0 Å². The van der Waals surface area contributed by atoms with Crippen LogP contribution in [0.15, 0.2) is 0 Å². The minimum atomic E-state index is -0.682. The van der Waals surface area contributed by atoms with Crippen molar-refractivity contribution in [1.82, 2.24) is 5.32 Å². The molecule has 2 unspecified atom stereocenters. The summed E-state index contributed by atoms with van der Waals surface area (Å²) >= 11 is 0. The van der Waals surface area contributed by atoms with Gasteiger partial charge in [0.2, 0.25) is 5.91 Å². The van der Waals surface area contributed by atoms with Crippen LogP contribution < -0.4 is 11.1 Å². The first kappa shape index (κ1) is 15.8. The number of nitrogens with two attached hydrogens (primary N) is 1. The SMILES string of the molecule is CCC1CCC(O)(CNC(=O)C2CCCC(N)C2)CC1. The summed E-state index contributed by atoms with van der Waals surface area (Å²) in [7, 11) is 0. The Balaban J connectivity index is 1.75. The Labute approximate surface area is 122 Å². The van der Waals surface area contributed by atoms with Crippen molar-refractivity contribution in [1.29, 1.82) is 0 Å². The number of carbonyl (C=O) groups excluding carboxylic acids is 1. The van der Waals surface area contributed by atoms with E-state index in [0.29, 0.717) is 6.54 Å². The van der Waals surface area contributed by atoms with Gasteiger partial charge in [0.1, 0.15) is 0 Å². The molecular weight excluding hydrogens is 252 g/mol. The number of rotatable bonds is 4. The van der Waals surface area contributed by atoms with Gasteiger partial charge in [-0.25, -0.2) is 0 Å². The first-order chi connectivity index (χ1) is 9.52. The molecule has 0 radical (unpaired) electrons. The van der Waals surface area contributed by atoms with Crippen molar-refractivity contribution in [2.45, 2.75) is 76.4 Å². The summed E-state index contributed by atoms with van der Waals surface area (Å²) in [5, 5.41) is 13.5. The highest BCUT2D eigenvalue weighted by Crippen LogP contribution is 2.33. The minimum absolute atomic E-state index is 0.0503. The van der Waals surface area contributed by atoms with E-state index in [0.717, 1.165) is 57.3 Å². The van der Waals surface area contributed by atoms with E-state index in [-0.39, 0.29) is 17.9 Å². The standard InChI is InChI=1S/C16H30N2O2/c1-2-12-6-8-16(20,9-7-12)11-18-15(19)13-4-3-5-14(17)10-13/h12-14,20H,2-11,17H2,1H3,(H,18,19). The molecule has 4 N–H and O–H groups in total. The lowest BCUT2D eigenvalue weighted by Crippen LogP contribution is -2.47. The van der Waals surface area contributed by atoms with Crippen LogP contribution >= 0.6 is 0 Å². The molecule has 0 aromatic rings. The van der Waals surface area contributed by atoms with Crippen LogP contribution in [0.1, 0.15) is 64.7 Å². The number of carbonyl (C=O) groups is 1. The van der Waals surface area contributed by atoms with Crippen molar-refractivity contribution in [3.63, 3.8) is 0 Å². The second-order valence-corrected chi connectivity index (χ2v) is 6.92. The zero-order valence-electron chi connectivity index (χ0n) is 12.7. The molecule has 2 aliphatic carbocycles. The summed E-state index contributed by atoms with van der Waals surface area (Å²) in [6.45, 7) is 2.62. The molecule has 0 aromatic carbocycles. The molecular formula is C16H30N2O2. The van der Waals surface area contributed by atoms with Crippen molar-refractivity contribution in [2.24, 2.45) is 17.6 Å². The van der Waals surface area contributed by atoms with E-state index in [1.807, 2.05) is 0 Å². The predicted molar refractivity (Wildman–Crippen MR) is 80.1 cm³/mol. The number of hydrogen-bond donors (Lipinski definition) is 3. The second kappa shape index (κ2) is 6.90. The fraction of sp³-hybridized carbons (Fsp3) is 0.938. The van der Waals surface area contributed by atoms with Gasteiger partial charge in [0.25, 0.3) is 0 Å². The maximum absolute atomic E-state index is 12.2. The van der Waals surface area contributed by atoms with Gasteiger partial charge in [-0.3, -0.25) is 4.79 Å². The van der Waals surface area contributed by atoms with Gasteiger partial charge in [0, 0.05) is 18.5 Å². The zero-order valence-corrected chi connectivity index (χ0v) is 12.7. The smallest absolute Gasteiger partial charge is 0.223 e. The molecule has 0 aromatic heterocycles. The summed E-state index contributed by atoms with van der Waals surface area (Å²) in [6, 6.07) is 0.169. The monoisotopic (exact) mass is 282 g/mol. The van der Waals surface area contributed by atoms with Crippen LogP contribution in [0.2, 0.25) is 0 Å². The highest BCUT2D eigenvalue weighted by Gasteiger charge is 2.34. The van der Waals surface area contributed by atoms with Crippen molar-refractivity contribution in [3.8, 4) is 0 Å². The van der Waals surface area contributed by atoms with Crippen LogP contribution in [0.3, 0.4) is 0 Å². The molecule has 2 rings (SSSR count). The van der Waals surface area contributed by atoms with Gasteiger partial charge in [-0.05, 0) is 50.9 Å². The third-order valence-electron chi connectivity index (χ3n) is 5.29. The third-order valence-corrected chi connectivity index (χ3v) is 5.29. The van der Waals surface area contributed by atoms with Crippen LogP contribution in [0.5, 0.6) is 0 Å². The van der Waals surface area contributed by atoms with Gasteiger partial charge in [-0.1, -0.05) is 19.8 Å². The highest BCUT2D eigenvalue weighted by atomic mass is 16.3. The normalized spacial score (nSPS) is 38.5. The Morgan fingerprint density at radius 1 is 1.30 bits per heavy atom. The minimum Gasteiger partial charge on any atom is -0.388 e. The number of nitrogens with one attached hydrogen (secondary N) is 1. The van der Waals surface area contributed by atoms with Crippen LogP contribution in [0, 0.1) is 11.8 Å². The van der Waals surface area contributed by atoms with Crippen LogP contribution in [0.4, 0.5) is 0 Å². The van der Waals surface area contributed by atoms with Crippen molar-refractivity contribution in [3.05, 3.63) is 0 Å². The van der Waals surface area contributed by atoms with E-state index < -0.39 is 5.60 Å². The van der Waals surface area contributed by atoms with Crippen LogP contribution in [-0.4, -0.2) is 29.2 Å². The molecule has 0 aliphatic heterocycles. The van der Waals surface area contributed by atoms with Crippen LogP contribution in [-0.2, 0) is 4.79 Å². The van der Waals surface area contributed by atoms with Gasteiger partial charge in [0.05, 0.1) is 5.60 Å². The molecule has 2 fully saturated rings. The van der Waals surface area contributed by atoms with Gasteiger partial charge in [0.15, 0.2) is 0 Å². The van der Waals surface area contributed by atoms with Gasteiger partial charge < -0.3 is 16.2 Å². The van der Waals surface area contributed by atoms with Gasteiger partial charge in [-0.15, -0.1) is 0 Å². The molecule has 2 aliphatic rings. The average Bonchev–Trinajstić information content (AvgIpc) is 2.46. The molecule has 4 nitrogen and oxygen atoms in total. The highest BCUT2D eigenvalue weighted by molar-refractivity contribution is 5.78. The summed E-state index contributed by atoms with van der Waals surface area (Å²) in [6.07, 6.45) is 8.80. The predicted octanol–water partition coefficient (Wildman–Crippen LogP) is 1.95. The van der Waals surface area contributed by atoms with E-state index >= 15 is 0 Å². The summed E-state index contributed by atoms with van der Waals surface area (Å²) < 4.78 is 0. The Bertz CT molecular complexity index is 324. The Kier molecular flexibility index (Phi) is 5.44. The third kappa shape index (κ3) is 4.19. The molecule has 1 amide bonds. The Morgan fingerprint density at radius 2 is 2.00 bits per heavy atom. The maximum Gasteiger partial charge on any atom is 0.223 e. The fourth-order valence-corrected chi connectivity index (χ4v) is 3.66. The number of aliphatic hydroxyl groups is 1. The van der Waals surface area contributed by atoms with Crippen molar-refractivity contribution in [2.75, 3.05) is 6.54 Å². The molecule has 20 heavy (non-hydrogen) atoms. The first-order valence-electron chi connectivity index (χ1n) is 8.28. The molecule has 0 spiro atoms. The quantitative estimate of drug-likeness (QED) is 0.737. The van der Waals surface area contributed by atoms with E-state index in [9.17, 15) is 9.90 Å². The first-order valence-corrected chi connectivity index (χ1v) is 8.28. The molecule has 116 valence electrons. The number of hydrogen-bond acceptors (Lipinski definition) is 3. The Hall–Kier alpha value is -0.610. The number of amides is 1. The topological polar surface area (TPSA) is 75.3 Å². The van der Waals surface area contributed by atoms with E-state index in [1.165, 1.54) is 6.42 Å². The molecule has 0 bridgehead atoms. The van der Waals surface area contributed by atoms with E-state index in [2.05, 4.69) is 12.2 Å². The average molecular weight is 282 g/mol. The molecule has 2 atom stereocenters. The summed E-state index contributed by atoms with van der Waals surface area (Å²) in [4.78, 5) is 12.2.